The van der Waals surface area contributed by atoms with Gasteiger partial charge in [0, 0.05) is 46.5 Å². The highest BCUT2D eigenvalue weighted by molar-refractivity contribution is 5.78. The van der Waals surface area contributed by atoms with E-state index in [4.69, 9.17) is 37.9 Å². The highest BCUT2D eigenvalue weighted by Gasteiger charge is 2.81. The number of carbonyl (C=O) groups is 7. The molecule has 4 aliphatic rings. The summed E-state index contributed by atoms with van der Waals surface area (Å²) in [7, 11) is 0. The molecule has 2 aliphatic heterocycles. The largest absolute Gasteiger partial charge is 0.461 e. The van der Waals surface area contributed by atoms with Crippen LogP contribution in [-0.4, -0.2) is 108 Å². The van der Waals surface area contributed by atoms with Crippen LogP contribution >= 0.6 is 0 Å². The van der Waals surface area contributed by atoms with E-state index < -0.39 is 107 Å². The first-order valence-corrected chi connectivity index (χ1v) is 18.1. The summed E-state index contributed by atoms with van der Waals surface area (Å²) in [5.74, 6) is -8.81. The molecular weight excluding hydrogens is 712 g/mol. The molecule has 0 bridgehead atoms. The molecule has 0 radical (unpaired) electrons. The van der Waals surface area contributed by atoms with E-state index in [9.17, 15) is 38.7 Å². The zero-order valence-electron chi connectivity index (χ0n) is 32.4. The first-order valence-electron chi connectivity index (χ1n) is 18.1. The van der Waals surface area contributed by atoms with Gasteiger partial charge in [0.15, 0.2) is 30.0 Å². The monoisotopic (exact) mass is 764 g/mol. The number of esters is 7. The van der Waals surface area contributed by atoms with Gasteiger partial charge in [0.2, 0.25) is 0 Å². The van der Waals surface area contributed by atoms with Gasteiger partial charge in [0.05, 0.1) is 17.9 Å². The van der Waals surface area contributed by atoms with Crippen molar-refractivity contribution in [3.05, 3.63) is 23.8 Å². The maximum absolute atomic E-state index is 13.5. The minimum absolute atomic E-state index is 0.0765. The fourth-order valence-electron chi connectivity index (χ4n) is 7.97. The van der Waals surface area contributed by atoms with Crippen molar-refractivity contribution in [1.29, 1.82) is 0 Å². The smallest absolute Gasteiger partial charge is 0.312 e. The molecule has 1 spiro atoms. The summed E-state index contributed by atoms with van der Waals surface area (Å²) < 4.78 is 47.4. The Bertz CT molecular complexity index is 1570. The van der Waals surface area contributed by atoms with Crippen LogP contribution in [0.5, 0.6) is 0 Å². The minimum atomic E-state index is -2.44. The van der Waals surface area contributed by atoms with Crippen LogP contribution in [0.1, 0.15) is 82.1 Å². The van der Waals surface area contributed by atoms with Crippen LogP contribution in [0, 0.1) is 29.1 Å². The van der Waals surface area contributed by atoms with E-state index in [2.05, 4.69) is 0 Å². The van der Waals surface area contributed by atoms with Gasteiger partial charge in [-0.3, -0.25) is 33.6 Å². The third kappa shape index (κ3) is 8.49. The summed E-state index contributed by atoms with van der Waals surface area (Å²) in [6, 6.07) is 0. The second-order valence-electron chi connectivity index (χ2n) is 15.6. The van der Waals surface area contributed by atoms with Crippen molar-refractivity contribution < 1.29 is 76.6 Å². The number of rotatable bonds is 11. The van der Waals surface area contributed by atoms with Crippen molar-refractivity contribution in [1.82, 2.24) is 0 Å². The highest BCUT2D eigenvalue weighted by Crippen LogP contribution is 2.63. The first kappa shape index (κ1) is 42.4. The van der Waals surface area contributed by atoms with Crippen LogP contribution in [-0.2, 0) is 71.5 Å². The van der Waals surface area contributed by atoms with Crippen LogP contribution in [0.2, 0.25) is 0 Å². The molecule has 54 heavy (non-hydrogen) atoms. The third-order valence-electron chi connectivity index (χ3n) is 10.3. The molecule has 0 aromatic heterocycles. The number of carbonyl (C=O) groups excluding carboxylic acids is 7. The number of epoxide rings is 1. The molecular formula is C38H52O16. The number of aliphatic hydroxyl groups is 1. The molecule has 1 N–H and O–H groups in total. The number of hydrogen-bond donors (Lipinski definition) is 1. The van der Waals surface area contributed by atoms with Crippen LogP contribution in [0.25, 0.3) is 0 Å². The van der Waals surface area contributed by atoms with Crippen molar-refractivity contribution in [3.63, 3.8) is 0 Å². The zero-order valence-corrected chi connectivity index (χ0v) is 32.4. The van der Waals surface area contributed by atoms with Crippen LogP contribution in [0.4, 0.5) is 0 Å². The van der Waals surface area contributed by atoms with Gasteiger partial charge in [-0.15, -0.1) is 0 Å². The predicted octanol–water partition coefficient (Wildman–Crippen LogP) is 2.45. The Kier molecular flexibility index (Phi) is 12.7. The molecule has 300 valence electrons. The summed E-state index contributed by atoms with van der Waals surface area (Å²) in [6.07, 6.45) is -5.66. The molecule has 3 fully saturated rings. The standard InChI is InChI=1S/C38H52O16/c1-18(2)13-28(43)53-30-32(50-23(8)41)36(10)26(49-22(7)40)12-11-25(16-47-21(6)39)15-27-38(46,20(5)35(45)52-27)34(51-24(9)42)31(36)37(17-48-37)33(30)54-29(44)14-19(3)4/h11-12,15,18-20,26-27,30-34,46H,13-14,16-17H2,1-10H3/t20-,26-,27-,30+,31+,32-,33+,34-,36+,37-,38-/m0/s1. The van der Waals surface area contributed by atoms with Gasteiger partial charge in [-0.25, -0.2) is 0 Å². The van der Waals surface area contributed by atoms with Crippen molar-refractivity contribution in [2.24, 2.45) is 29.1 Å². The van der Waals surface area contributed by atoms with Gasteiger partial charge in [0.1, 0.15) is 24.4 Å². The second-order valence-corrected chi connectivity index (χ2v) is 15.6. The lowest BCUT2D eigenvalue weighted by Crippen LogP contribution is -2.76. The normalized spacial score (nSPS) is 35.5. The Hall–Kier alpha value is -4.31. The van der Waals surface area contributed by atoms with E-state index in [1.54, 1.807) is 27.7 Å². The third-order valence-corrected chi connectivity index (χ3v) is 10.3. The molecule has 16 nitrogen and oxygen atoms in total. The Morgan fingerprint density at radius 2 is 1.35 bits per heavy atom. The molecule has 0 aromatic rings. The molecule has 16 heteroatoms. The van der Waals surface area contributed by atoms with E-state index in [1.807, 2.05) is 0 Å². The van der Waals surface area contributed by atoms with E-state index in [1.165, 1.54) is 39.0 Å². The van der Waals surface area contributed by atoms with Gasteiger partial charge < -0.3 is 43.0 Å². The summed E-state index contributed by atoms with van der Waals surface area (Å²) in [4.78, 5) is 91.6. The lowest BCUT2D eigenvalue weighted by Gasteiger charge is -2.59. The van der Waals surface area contributed by atoms with E-state index in [0.717, 1.165) is 20.8 Å². The van der Waals surface area contributed by atoms with E-state index in [-0.39, 0.29) is 43.5 Å². The highest BCUT2D eigenvalue weighted by atomic mass is 16.7. The molecule has 2 saturated heterocycles. The lowest BCUT2D eigenvalue weighted by atomic mass is 9.51. The van der Waals surface area contributed by atoms with E-state index in [0.29, 0.717) is 0 Å². The molecule has 11 atom stereocenters. The Labute approximate surface area is 314 Å². The molecule has 2 aliphatic carbocycles. The molecule has 4 rings (SSSR count). The second kappa shape index (κ2) is 16.2. The van der Waals surface area contributed by atoms with Crippen LogP contribution in [0.15, 0.2) is 23.8 Å². The van der Waals surface area contributed by atoms with Crippen molar-refractivity contribution in [2.75, 3.05) is 13.2 Å². The predicted molar refractivity (Wildman–Crippen MR) is 183 cm³/mol. The van der Waals surface area contributed by atoms with Gasteiger partial charge in [0.25, 0.3) is 0 Å². The van der Waals surface area contributed by atoms with Gasteiger partial charge >= 0.3 is 41.8 Å². The maximum Gasteiger partial charge on any atom is 0.312 e. The molecule has 1 saturated carbocycles. The summed E-state index contributed by atoms with van der Waals surface area (Å²) in [5.41, 5.74) is -5.93. The van der Waals surface area contributed by atoms with Gasteiger partial charge in [-0.1, -0.05) is 40.7 Å². The summed E-state index contributed by atoms with van der Waals surface area (Å²) >= 11 is 0. The van der Waals surface area contributed by atoms with E-state index >= 15 is 0 Å². The maximum atomic E-state index is 13.5. The molecule has 2 heterocycles. The molecule has 0 amide bonds. The summed E-state index contributed by atoms with van der Waals surface area (Å²) in [5, 5.41) is 13.0. The molecule has 0 aromatic carbocycles. The quantitative estimate of drug-likeness (QED) is 0.182. The zero-order chi connectivity index (χ0) is 40.5. The Morgan fingerprint density at radius 3 is 1.85 bits per heavy atom. The topological polar surface area (TPSA) is 217 Å². The summed E-state index contributed by atoms with van der Waals surface area (Å²) in [6.45, 7) is 13.9. The number of ether oxygens (including phenoxy) is 8. The van der Waals surface area contributed by atoms with Crippen LogP contribution in [0.3, 0.4) is 0 Å². The average Bonchev–Trinajstić information content (AvgIpc) is 3.78. The Balaban J connectivity index is 2.15. The van der Waals surface area contributed by atoms with Gasteiger partial charge in [-0.05, 0) is 36.5 Å². The average molecular weight is 765 g/mol. The Morgan fingerprint density at radius 1 is 0.815 bits per heavy atom. The van der Waals surface area contributed by atoms with Crippen molar-refractivity contribution >= 4 is 41.8 Å². The van der Waals surface area contributed by atoms with Crippen molar-refractivity contribution in [2.45, 2.75) is 130 Å². The van der Waals surface area contributed by atoms with Crippen molar-refractivity contribution in [3.8, 4) is 0 Å². The SMILES string of the molecule is CC(=O)OCC1=C[C@@H]2OC(=O)[C@H](C)[C@@]2(O)[C@@H](OC(C)=O)[C@H]2[C@@]3(CO3)[C@H](OC(=O)CC(C)C)[C@H](OC(=O)CC(C)C)[C@H](OC(C)=O)[C@]2(C)[C@@H](OC(C)=O)C=C1. The first-order chi connectivity index (χ1) is 25.1. The fourth-order valence-corrected chi connectivity index (χ4v) is 7.97. The minimum Gasteiger partial charge on any atom is -0.461 e. The molecule has 0 unspecified atom stereocenters. The number of fused-ring (bicyclic) bond motifs is 3. The number of hydrogen-bond acceptors (Lipinski definition) is 16. The van der Waals surface area contributed by atoms with Gasteiger partial charge in [-0.2, -0.15) is 0 Å². The lowest BCUT2D eigenvalue weighted by molar-refractivity contribution is -0.280. The fraction of sp³-hybridized carbons (Fsp3) is 0.711. The van der Waals surface area contributed by atoms with Crippen LogP contribution < -0.4 is 0 Å².